The van der Waals surface area contributed by atoms with Crippen LogP contribution in [-0.2, 0) is 4.79 Å². The zero-order chi connectivity index (χ0) is 25.1. The Balaban J connectivity index is 1.41. The van der Waals surface area contributed by atoms with Crippen LogP contribution in [0.15, 0.2) is 42.5 Å². The Morgan fingerprint density at radius 3 is 2.31 bits per heavy atom. The first-order valence-corrected chi connectivity index (χ1v) is 12.7. The lowest BCUT2D eigenvalue weighted by atomic mass is 9.93. The fourth-order valence-electron chi connectivity index (χ4n) is 5.81. The number of carbonyl (C=O) groups is 1. The average Bonchev–Trinajstić information content (AvgIpc) is 3.15. The first kappa shape index (κ1) is 25.1. The van der Waals surface area contributed by atoms with Crippen LogP contribution in [-0.4, -0.2) is 48.5 Å². The molecule has 0 aromatic heterocycles. The number of carboxylic acid groups (broad SMARTS) is 1. The highest BCUT2D eigenvalue weighted by Crippen LogP contribution is 2.36. The van der Waals surface area contributed by atoms with E-state index < -0.39 is 5.97 Å². The molecule has 35 heavy (non-hydrogen) atoms. The van der Waals surface area contributed by atoms with Crippen LogP contribution in [0.5, 0.6) is 11.5 Å². The second-order valence-corrected chi connectivity index (χ2v) is 10.1. The van der Waals surface area contributed by atoms with Gasteiger partial charge in [0.25, 0.3) is 0 Å². The van der Waals surface area contributed by atoms with Gasteiger partial charge in [0.1, 0.15) is 23.4 Å². The highest BCUT2D eigenvalue weighted by Gasteiger charge is 2.34. The van der Waals surface area contributed by atoms with E-state index in [1.54, 1.807) is 12.1 Å². The molecule has 0 bridgehead atoms. The molecule has 2 aromatic carbocycles. The van der Waals surface area contributed by atoms with Gasteiger partial charge in [0.05, 0.1) is 18.7 Å². The van der Waals surface area contributed by atoms with Crippen molar-refractivity contribution in [2.75, 3.05) is 23.0 Å². The van der Waals surface area contributed by atoms with Crippen LogP contribution in [0.4, 0.5) is 15.8 Å². The predicted octanol–water partition coefficient (Wildman–Crippen LogP) is 5.74. The van der Waals surface area contributed by atoms with Crippen molar-refractivity contribution in [2.45, 2.75) is 77.6 Å². The Morgan fingerprint density at radius 2 is 1.69 bits per heavy atom. The second kappa shape index (κ2) is 10.8. The van der Waals surface area contributed by atoms with Gasteiger partial charge in [-0.2, -0.15) is 0 Å². The molecular weight excluding hydrogens is 447 g/mol. The monoisotopic (exact) mass is 484 g/mol. The fraction of sp³-hybridized carbons (Fsp3) is 0.536. The maximum absolute atomic E-state index is 14.7. The van der Waals surface area contributed by atoms with E-state index in [4.69, 9.17) is 9.47 Å². The molecule has 1 unspecified atom stereocenters. The number of hydrogen-bond donors (Lipinski definition) is 1. The molecule has 0 spiro atoms. The number of aliphatic carboxylic acids is 1. The molecule has 190 valence electrons. The van der Waals surface area contributed by atoms with Gasteiger partial charge in [0.15, 0.2) is 0 Å². The molecule has 2 heterocycles. The van der Waals surface area contributed by atoms with E-state index in [1.165, 1.54) is 6.07 Å². The van der Waals surface area contributed by atoms with Gasteiger partial charge in [0.2, 0.25) is 0 Å². The van der Waals surface area contributed by atoms with Crippen LogP contribution in [0.2, 0.25) is 0 Å². The van der Waals surface area contributed by atoms with Crippen molar-refractivity contribution < 1.29 is 23.8 Å². The number of rotatable bonds is 8. The second-order valence-electron chi connectivity index (χ2n) is 10.1. The smallest absolute Gasteiger partial charge is 0.305 e. The minimum absolute atomic E-state index is 0.0296. The maximum Gasteiger partial charge on any atom is 0.305 e. The summed E-state index contributed by atoms with van der Waals surface area (Å²) >= 11 is 0. The summed E-state index contributed by atoms with van der Waals surface area (Å²) in [5.41, 5.74) is 1.61. The lowest BCUT2D eigenvalue weighted by Crippen LogP contribution is -2.50. The molecule has 5 atom stereocenters. The highest BCUT2D eigenvalue weighted by molar-refractivity contribution is 5.69. The maximum atomic E-state index is 14.7. The predicted molar refractivity (Wildman–Crippen MR) is 136 cm³/mol. The molecule has 0 saturated carbocycles. The average molecular weight is 485 g/mol. The summed E-state index contributed by atoms with van der Waals surface area (Å²) < 4.78 is 26.6. The summed E-state index contributed by atoms with van der Waals surface area (Å²) in [5.74, 6) is 0.966. The van der Waals surface area contributed by atoms with Gasteiger partial charge in [-0.3, -0.25) is 4.79 Å². The molecule has 1 N–H and O–H groups in total. The molecule has 4 rings (SSSR count). The van der Waals surface area contributed by atoms with Crippen LogP contribution in [0, 0.1) is 11.7 Å². The van der Waals surface area contributed by atoms with Gasteiger partial charge in [-0.15, -0.1) is 0 Å². The Hall–Kier alpha value is -2.96. The number of benzene rings is 2. The summed E-state index contributed by atoms with van der Waals surface area (Å²) in [6.07, 6.45) is 2.66. The summed E-state index contributed by atoms with van der Waals surface area (Å²) in [6, 6.07) is 13.2. The van der Waals surface area contributed by atoms with Gasteiger partial charge >= 0.3 is 5.97 Å². The SMILES string of the molecule is CCOc1ccc(F)c(N2[C@H](C)CC(Oc3ccc(N4C[C@H](C)C[C@@H]4CC(=O)O)cc3)C[C@@H]2C)c1. The van der Waals surface area contributed by atoms with Crippen LogP contribution in [0.3, 0.4) is 0 Å². The first-order chi connectivity index (χ1) is 16.7. The van der Waals surface area contributed by atoms with Crippen molar-refractivity contribution in [3.63, 3.8) is 0 Å². The standard InChI is InChI=1S/C28H37FN2O4/c1-5-34-24-10-11-26(29)27(16-24)31-19(3)13-25(14-20(31)4)35-23-8-6-21(7-9-23)30-17-18(2)12-22(30)15-28(32)33/h6-11,16,18-20,22,25H,5,12-15,17H2,1-4H3,(H,32,33)/t18-,19-,20+,22-,25?/m1/s1. The third kappa shape index (κ3) is 5.82. The summed E-state index contributed by atoms with van der Waals surface area (Å²) in [7, 11) is 0. The largest absolute Gasteiger partial charge is 0.494 e. The van der Waals surface area contributed by atoms with Crippen molar-refractivity contribution in [3.8, 4) is 11.5 Å². The Kier molecular flexibility index (Phi) is 7.72. The van der Waals surface area contributed by atoms with Crippen molar-refractivity contribution in [2.24, 2.45) is 5.92 Å². The fourth-order valence-corrected chi connectivity index (χ4v) is 5.81. The van der Waals surface area contributed by atoms with Gasteiger partial charge in [-0.25, -0.2) is 4.39 Å². The molecule has 0 radical (unpaired) electrons. The van der Waals surface area contributed by atoms with E-state index in [0.29, 0.717) is 24.0 Å². The molecule has 2 aliphatic rings. The van der Waals surface area contributed by atoms with Crippen LogP contribution in [0.25, 0.3) is 0 Å². The van der Waals surface area contributed by atoms with Gasteiger partial charge in [0, 0.05) is 49.3 Å². The number of piperidine rings is 1. The number of nitrogens with zero attached hydrogens (tertiary/aromatic N) is 2. The number of hydrogen-bond acceptors (Lipinski definition) is 5. The Morgan fingerprint density at radius 1 is 1.03 bits per heavy atom. The van der Waals surface area contributed by atoms with Gasteiger partial charge in [-0.1, -0.05) is 6.92 Å². The zero-order valence-electron chi connectivity index (χ0n) is 21.1. The first-order valence-electron chi connectivity index (χ1n) is 12.7. The lowest BCUT2D eigenvalue weighted by Gasteiger charge is -2.44. The summed E-state index contributed by atoms with van der Waals surface area (Å²) in [4.78, 5) is 15.6. The Bertz CT molecular complexity index is 1000. The molecule has 2 aromatic rings. The van der Waals surface area contributed by atoms with Gasteiger partial charge < -0.3 is 24.4 Å². The summed E-state index contributed by atoms with van der Waals surface area (Å²) in [6.45, 7) is 9.72. The quantitative estimate of drug-likeness (QED) is 0.516. The minimum atomic E-state index is -0.756. The van der Waals surface area contributed by atoms with Crippen molar-refractivity contribution in [1.29, 1.82) is 0 Å². The molecule has 0 aliphatic carbocycles. The van der Waals surface area contributed by atoms with Crippen LogP contribution >= 0.6 is 0 Å². The molecule has 7 heteroatoms. The molecule has 6 nitrogen and oxygen atoms in total. The van der Waals surface area contributed by atoms with E-state index in [9.17, 15) is 14.3 Å². The molecule has 2 saturated heterocycles. The highest BCUT2D eigenvalue weighted by atomic mass is 19.1. The number of halogens is 1. The molecule has 0 amide bonds. The topological polar surface area (TPSA) is 62.2 Å². The van der Waals surface area contributed by atoms with Gasteiger partial charge in [-0.05, 0) is 69.5 Å². The van der Waals surface area contributed by atoms with Crippen molar-refractivity contribution >= 4 is 17.3 Å². The zero-order valence-corrected chi connectivity index (χ0v) is 21.1. The van der Waals surface area contributed by atoms with E-state index in [0.717, 1.165) is 37.2 Å². The third-order valence-electron chi connectivity index (χ3n) is 7.17. The molecule has 2 aliphatic heterocycles. The van der Waals surface area contributed by atoms with Crippen molar-refractivity contribution in [3.05, 3.63) is 48.3 Å². The van der Waals surface area contributed by atoms with E-state index >= 15 is 0 Å². The summed E-state index contributed by atoms with van der Waals surface area (Å²) in [5, 5.41) is 9.26. The minimum Gasteiger partial charge on any atom is -0.494 e. The number of ether oxygens (including phenoxy) is 2. The van der Waals surface area contributed by atoms with Crippen molar-refractivity contribution in [1.82, 2.24) is 0 Å². The van der Waals surface area contributed by atoms with E-state index in [1.807, 2.05) is 31.2 Å². The lowest BCUT2D eigenvalue weighted by molar-refractivity contribution is -0.137. The number of anilines is 2. The van der Waals surface area contributed by atoms with Crippen LogP contribution in [0.1, 0.15) is 53.4 Å². The van der Waals surface area contributed by atoms with E-state index in [2.05, 4.69) is 30.6 Å². The van der Waals surface area contributed by atoms with Crippen LogP contribution < -0.4 is 19.3 Å². The van der Waals surface area contributed by atoms with E-state index in [-0.39, 0.29) is 36.5 Å². The normalized spacial score (nSPS) is 26.6. The number of carboxylic acids is 1. The molecular formula is C28H37FN2O4. The Labute approximate surface area is 207 Å². The molecule has 2 fully saturated rings. The third-order valence-corrected chi connectivity index (χ3v) is 7.17.